The molecular weight excluding hydrogens is 240 g/mol. The Labute approximate surface area is 113 Å². The molecule has 0 amide bonds. The Morgan fingerprint density at radius 3 is 2.63 bits per heavy atom. The minimum absolute atomic E-state index is 0.146. The predicted molar refractivity (Wildman–Crippen MR) is 74.5 cm³/mol. The summed E-state index contributed by atoms with van der Waals surface area (Å²) in [6, 6.07) is 1.76. The number of anilines is 1. The van der Waals surface area contributed by atoms with Gasteiger partial charge in [0.25, 0.3) is 0 Å². The first-order valence-corrected chi connectivity index (χ1v) is 6.45. The van der Waals surface area contributed by atoms with Crippen molar-refractivity contribution in [1.82, 2.24) is 25.0 Å². The summed E-state index contributed by atoms with van der Waals surface area (Å²) in [5.41, 5.74) is 7.39. The van der Waals surface area contributed by atoms with E-state index in [4.69, 9.17) is 5.73 Å². The van der Waals surface area contributed by atoms with Crippen LogP contribution in [0.4, 0.5) is 5.82 Å². The van der Waals surface area contributed by atoms with Crippen molar-refractivity contribution in [2.45, 2.75) is 46.1 Å². The maximum absolute atomic E-state index is 5.89. The Morgan fingerprint density at radius 1 is 1.26 bits per heavy atom. The molecule has 0 spiro atoms. The van der Waals surface area contributed by atoms with Gasteiger partial charge in [0.05, 0.1) is 11.9 Å². The zero-order chi connectivity index (χ0) is 14.0. The fourth-order valence-electron chi connectivity index (χ4n) is 1.77. The summed E-state index contributed by atoms with van der Waals surface area (Å²) in [6.45, 7) is 9.10. The van der Waals surface area contributed by atoms with Crippen molar-refractivity contribution in [3.8, 4) is 11.4 Å². The summed E-state index contributed by atoms with van der Waals surface area (Å²) in [7, 11) is 0. The van der Waals surface area contributed by atoms with Crippen LogP contribution in [0.3, 0.4) is 0 Å². The lowest BCUT2D eigenvalue weighted by Crippen LogP contribution is -2.17. The Morgan fingerprint density at radius 2 is 2.00 bits per heavy atom. The van der Waals surface area contributed by atoms with Crippen LogP contribution in [0.1, 0.15) is 39.9 Å². The largest absolute Gasteiger partial charge is 0.384 e. The molecule has 0 aliphatic rings. The highest BCUT2D eigenvalue weighted by molar-refractivity contribution is 5.57. The molecule has 2 rings (SSSR count). The summed E-state index contributed by atoms with van der Waals surface area (Å²) in [5, 5.41) is 8.02. The first-order chi connectivity index (χ1) is 8.91. The summed E-state index contributed by atoms with van der Waals surface area (Å²) < 4.78 is 1.84. The molecular formula is C13H20N6. The number of rotatable bonds is 3. The van der Waals surface area contributed by atoms with Gasteiger partial charge in [-0.25, -0.2) is 14.6 Å². The molecule has 0 bridgehead atoms. The fraction of sp³-hybridized carbons (Fsp3) is 0.538. The van der Waals surface area contributed by atoms with Crippen molar-refractivity contribution in [3.63, 3.8) is 0 Å². The molecule has 0 aliphatic heterocycles. The van der Waals surface area contributed by atoms with Gasteiger partial charge in [-0.05, 0) is 6.42 Å². The predicted octanol–water partition coefficient (Wildman–Crippen LogP) is 2.02. The van der Waals surface area contributed by atoms with Crippen LogP contribution in [0, 0.1) is 0 Å². The van der Waals surface area contributed by atoms with Crippen LogP contribution >= 0.6 is 0 Å². The Bertz CT molecular complexity index is 567. The Balaban J connectivity index is 2.50. The minimum Gasteiger partial charge on any atom is -0.384 e. The first kappa shape index (κ1) is 13.5. The SMILES string of the molecule is CCCn1nncc1-c1cc(N)nc(C(C)(C)C)n1. The molecule has 2 aromatic heterocycles. The topological polar surface area (TPSA) is 82.5 Å². The van der Waals surface area contributed by atoms with Crippen LogP contribution in [0.25, 0.3) is 11.4 Å². The average molecular weight is 260 g/mol. The first-order valence-electron chi connectivity index (χ1n) is 6.45. The van der Waals surface area contributed by atoms with E-state index < -0.39 is 0 Å². The molecule has 0 unspecified atom stereocenters. The zero-order valence-corrected chi connectivity index (χ0v) is 11.9. The van der Waals surface area contributed by atoms with E-state index in [0.717, 1.165) is 30.2 Å². The lowest BCUT2D eigenvalue weighted by Gasteiger charge is -2.17. The van der Waals surface area contributed by atoms with Gasteiger partial charge in [0.1, 0.15) is 17.3 Å². The van der Waals surface area contributed by atoms with Crippen LogP contribution in [-0.2, 0) is 12.0 Å². The highest BCUT2D eigenvalue weighted by Crippen LogP contribution is 2.24. The standard InChI is InChI=1S/C13H20N6/c1-5-6-19-10(8-15-18-19)9-7-11(14)17-12(16-9)13(2,3)4/h7-8H,5-6H2,1-4H3,(H2,14,16,17). The smallest absolute Gasteiger partial charge is 0.136 e. The van der Waals surface area contributed by atoms with Gasteiger partial charge >= 0.3 is 0 Å². The molecule has 102 valence electrons. The summed E-state index contributed by atoms with van der Waals surface area (Å²) in [6.07, 6.45) is 2.70. The van der Waals surface area contributed by atoms with E-state index in [2.05, 4.69) is 48.0 Å². The Hall–Kier alpha value is -1.98. The third kappa shape index (κ3) is 2.89. The molecule has 0 aromatic carbocycles. The molecule has 6 heteroatoms. The third-order valence-corrected chi connectivity index (χ3v) is 2.73. The molecule has 19 heavy (non-hydrogen) atoms. The highest BCUT2D eigenvalue weighted by atomic mass is 15.4. The number of nitrogens with two attached hydrogens (primary N) is 1. The van der Waals surface area contributed by atoms with E-state index >= 15 is 0 Å². The molecule has 0 saturated heterocycles. The van der Waals surface area contributed by atoms with E-state index in [1.54, 1.807) is 12.3 Å². The van der Waals surface area contributed by atoms with Crippen molar-refractivity contribution < 1.29 is 0 Å². The van der Waals surface area contributed by atoms with Gasteiger partial charge in [0, 0.05) is 18.0 Å². The molecule has 2 N–H and O–H groups in total. The third-order valence-electron chi connectivity index (χ3n) is 2.73. The van der Waals surface area contributed by atoms with Gasteiger partial charge in [0.2, 0.25) is 0 Å². The fourth-order valence-corrected chi connectivity index (χ4v) is 1.77. The number of nitrogens with zero attached hydrogens (tertiary/aromatic N) is 5. The maximum atomic E-state index is 5.89. The summed E-state index contributed by atoms with van der Waals surface area (Å²) in [4.78, 5) is 8.91. The Kier molecular flexibility index (Phi) is 3.50. The van der Waals surface area contributed by atoms with Crippen LogP contribution in [0.2, 0.25) is 0 Å². The molecule has 0 fully saturated rings. The van der Waals surface area contributed by atoms with Crippen LogP contribution < -0.4 is 5.73 Å². The molecule has 0 saturated carbocycles. The quantitative estimate of drug-likeness (QED) is 0.913. The number of nitrogen functional groups attached to an aromatic ring is 1. The molecule has 6 nitrogen and oxygen atoms in total. The van der Waals surface area contributed by atoms with Gasteiger partial charge in [-0.3, -0.25) is 0 Å². The van der Waals surface area contributed by atoms with Crippen molar-refractivity contribution >= 4 is 5.82 Å². The second-order valence-corrected chi connectivity index (χ2v) is 5.59. The number of hydrogen-bond donors (Lipinski definition) is 1. The number of hydrogen-bond acceptors (Lipinski definition) is 5. The normalized spacial score (nSPS) is 11.8. The van der Waals surface area contributed by atoms with E-state index in [1.165, 1.54) is 0 Å². The molecule has 2 heterocycles. The molecule has 0 atom stereocenters. The van der Waals surface area contributed by atoms with E-state index in [1.807, 2.05) is 4.68 Å². The van der Waals surface area contributed by atoms with Crippen molar-refractivity contribution in [2.24, 2.45) is 0 Å². The molecule has 0 aliphatic carbocycles. The van der Waals surface area contributed by atoms with Crippen LogP contribution in [-0.4, -0.2) is 25.0 Å². The average Bonchev–Trinajstić information content (AvgIpc) is 2.76. The number of aromatic nitrogens is 5. The van der Waals surface area contributed by atoms with Crippen LogP contribution in [0.15, 0.2) is 12.3 Å². The summed E-state index contributed by atoms with van der Waals surface area (Å²) in [5.74, 6) is 1.20. The number of aryl methyl sites for hydroxylation is 1. The van der Waals surface area contributed by atoms with E-state index in [9.17, 15) is 0 Å². The maximum Gasteiger partial charge on any atom is 0.136 e. The minimum atomic E-state index is -0.146. The lowest BCUT2D eigenvalue weighted by atomic mass is 9.95. The van der Waals surface area contributed by atoms with Crippen LogP contribution in [0.5, 0.6) is 0 Å². The van der Waals surface area contributed by atoms with Gasteiger partial charge in [-0.2, -0.15) is 0 Å². The van der Waals surface area contributed by atoms with E-state index in [-0.39, 0.29) is 5.41 Å². The zero-order valence-electron chi connectivity index (χ0n) is 11.9. The molecule has 2 aromatic rings. The highest BCUT2D eigenvalue weighted by Gasteiger charge is 2.20. The summed E-state index contributed by atoms with van der Waals surface area (Å²) >= 11 is 0. The van der Waals surface area contributed by atoms with Crippen molar-refractivity contribution in [2.75, 3.05) is 5.73 Å². The van der Waals surface area contributed by atoms with Crippen molar-refractivity contribution in [1.29, 1.82) is 0 Å². The van der Waals surface area contributed by atoms with Crippen molar-refractivity contribution in [3.05, 3.63) is 18.1 Å². The monoisotopic (exact) mass is 260 g/mol. The van der Waals surface area contributed by atoms with Gasteiger partial charge in [0.15, 0.2) is 0 Å². The van der Waals surface area contributed by atoms with Gasteiger partial charge < -0.3 is 5.73 Å². The second kappa shape index (κ2) is 4.95. The van der Waals surface area contributed by atoms with E-state index in [0.29, 0.717) is 5.82 Å². The lowest BCUT2D eigenvalue weighted by molar-refractivity contribution is 0.545. The van der Waals surface area contributed by atoms with Gasteiger partial charge in [-0.1, -0.05) is 32.9 Å². The second-order valence-electron chi connectivity index (χ2n) is 5.59. The van der Waals surface area contributed by atoms with Gasteiger partial charge in [-0.15, -0.1) is 5.10 Å². The molecule has 0 radical (unpaired) electrons.